The Hall–Kier alpha value is -0.380. The highest BCUT2D eigenvalue weighted by molar-refractivity contribution is 7.80. The summed E-state index contributed by atoms with van der Waals surface area (Å²) in [6.45, 7) is 0. The van der Waals surface area contributed by atoms with Crippen LogP contribution in [0.15, 0.2) is 5.10 Å². The van der Waals surface area contributed by atoms with Crippen molar-refractivity contribution in [1.82, 2.24) is 5.43 Å². The Morgan fingerprint density at radius 3 is 2.25 bits per heavy atom. The Kier molecular flexibility index (Phi) is 5.11. The first kappa shape index (κ1) is 17.7. The number of nitrogens with one attached hydrogen (secondary N) is 1. The minimum Gasteiger partial charge on any atom is -0.376 e. The zero-order chi connectivity index (χ0) is 15.8. The number of nitrogens with two attached hydrogens (primary N) is 1. The summed E-state index contributed by atoms with van der Waals surface area (Å²) in [5.41, 5.74) is 3.07. The largest absolute Gasteiger partial charge is 0.376 e. The quantitative estimate of drug-likeness (QED) is 0.313. The third kappa shape index (κ3) is 3.26. The molecule has 0 aromatic rings. The van der Waals surface area contributed by atoms with Crippen molar-refractivity contribution in [3.05, 3.63) is 0 Å². The number of nitrogens with zero attached hydrogens (tertiary/aromatic N) is 1. The van der Waals surface area contributed by atoms with E-state index < -0.39 is 22.3 Å². The van der Waals surface area contributed by atoms with Crippen molar-refractivity contribution >= 4 is 46.2 Å². The number of halogens is 6. The van der Waals surface area contributed by atoms with Crippen molar-refractivity contribution in [2.45, 2.75) is 35.6 Å². The molecule has 0 unspecified atom stereocenters. The molecule has 4 nitrogen and oxygen atoms in total. The van der Waals surface area contributed by atoms with Gasteiger partial charge in [0.1, 0.15) is 0 Å². The van der Waals surface area contributed by atoms with Gasteiger partial charge in [-0.15, -0.1) is 0 Å². The highest BCUT2D eigenvalue weighted by atomic mass is 35.5. The van der Waals surface area contributed by atoms with Gasteiger partial charge in [0.15, 0.2) is 5.11 Å². The van der Waals surface area contributed by atoms with Crippen LogP contribution in [0, 0.1) is 5.92 Å². The van der Waals surface area contributed by atoms with Crippen molar-refractivity contribution in [3.8, 4) is 0 Å². The summed E-state index contributed by atoms with van der Waals surface area (Å²) < 4.78 is 53.3. The summed E-state index contributed by atoms with van der Waals surface area (Å²) in [7, 11) is 0. The second-order valence-corrected chi connectivity index (χ2v) is 5.68. The third-order valence-corrected chi connectivity index (χ3v) is 3.67. The van der Waals surface area contributed by atoms with Crippen LogP contribution in [0.4, 0.5) is 17.6 Å². The van der Waals surface area contributed by atoms with Crippen LogP contribution in [0.3, 0.4) is 0 Å². The lowest BCUT2D eigenvalue weighted by molar-refractivity contribution is -0.232. The molecule has 1 aliphatic rings. The van der Waals surface area contributed by atoms with Crippen LogP contribution in [-0.4, -0.2) is 32.3 Å². The zero-order valence-corrected chi connectivity index (χ0v) is 12.2. The number of rotatable bonds is 4. The SMILES string of the molecule is NC(=S)N/N=C1/CCC[C@@H]1C(O)(C(F)(F)Cl)C(F)(F)Cl. The Balaban J connectivity index is 3.21. The van der Waals surface area contributed by atoms with E-state index in [2.05, 4.69) is 45.9 Å². The molecule has 116 valence electrons. The zero-order valence-electron chi connectivity index (χ0n) is 9.85. The van der Waals surface area contributed by atoms with Gasteiger partial charge in [-0.1, -0.05) is 0 Å². The van der Waals surface area contributed by atoms with Gasteiger partial charge in [-0.25, -0.2) is 0 Å². The van der Waals surface area contributed by atoms with Gasteiger partial charge in [0, 0.05) is 11.6 Å². The first-order chi connectivity index (χ1) is 8.91. The molecule has 0 aliphatic heterocycles. The number of thiocarbonyl (C=S) groups is 1. The molecule has 1 rings (SSSR count). The molecule has 0 aromatic heterocycles. The Bertz CT molecular complexity index is 410. The second-order valence-electron chi connectivity index (χ2n) is 4.29. The molecule has 0 aromatic carbocycles. The number of aliphatic hydroxyl groups is 1. The fraction of sp³-hybridized carbons (Fsp3) is 0.778. The van der Waals surface area contributed by atoms with Gasteiger partial charge in [0.05, 0.1) is 0 Å². The minimum absolute atomic E-state index is 0.0997. The summed E-state index contributed by atoms with van der Waals surface area (Å²) >= 11 is 13.8. The molecular formula is C9H11Cl2F4N3OS. The monoisotopic (exact) mass is 355 g/mol. The van der Waals surface area contributed by atoms with E-state index in [4.69, 9.17) is 5.73 Å². The van der Waals surface area contributed by atoms with Gasteiger partial charge in [0.25, 0.3) is 0 Å². The van der Waals surface area contributed by atoms with Crippen molar-refractivity contribution in [2.24, 2.45) is 16.8 Å². The van der Waals surface area contributed by atoms with Crippen LogP contribution in [-0.2, 0) is 0 Å². The van der Waals surface area contributed by atoms with Crippen molar-refractivity contribution in [3.63, 3.8) is 0 Å². The molecule has 0 heterocycles. The smallest absolute Gasteiger partial charge is 0.357 e. The molecule has 1 atom stereocenters. The number of hydrogen-bond donors (Lipinski definition) is 3. The van der Waals surface area contributed by atoms with Crippen molar-refractivity contribution in [1.29, 1.82) is 0 Å². The van der Waals surface area contributed by atoms with Gasteiger partial charge in [0.2, 0.25) is 5.60 Å². The Labute approximate surface area is 127 Å². The summed E-state index contributed by atoms with van der Waals surface area (Å²) in [5.74, 6) is -1.73. The summed E-state index contributed by atoms with van der Waals surface area (Å²) in [6.07, 6.45) is 0.173. The predicted molar refractivity (Wildman–Crippen MR) is 71.2 cm³/mol. The van der Waals surface area contributed by atoms with Gasteiger partial charge >= 0.3 is 10.8 Å². The first-order valence-corrected chi connectivity index (χ1v) is 6.55. The lowest BCUT2D eigenvalue weighted by Gasteiger charge is -2.39. The van der Waals surface area contributed by atoms with E-state index >= 15 is 0 Å². The Morgan fingerprint density at radius 1 is 1.35 bits per heavy atom. The molecule has 1 aliphatic carbocycles. The van der Waals surface area contributed by atoms with E-state index in [9.17, 15) is 22.7 Å². The maximum absolute atomic E-state index is 13.3. The first-order valence-electron chi connectivity index (χ1n) is 5.39. The van der Waals surface area contributed by atoms with Gasteiger partial charge in [-0.3, -0.25) is 5.43 Å². The average Bonchev–Trinajstić information content (AvgIpc) is 2.70. The van der Waals surface area contributed by atoms with E-state index in [0.29, 0.717) is 0 Å². The van der Waals surface area contributed by atoms with E-state index in [1.807, 2.05) is 0 Å². The van der Waals surface area contributed by atoms with Crippen molar-refractivity contribution in [2.75, 3.05) is 0 Å². The predicted octanol–water partition coefficient (Wildman–Crippen LogP) is 2.37. The van der Waals surface area contributed by atoms with E-state index in [0.717, 1.165) is 0 Å². The highest BCUT2D eigenvalue weighted by Crippen LogP contribution is 2.53. The maximum atomic E-state index is 13.3. The topological polar surface area (TPSA) is 70.6 Å². The van der Waals surface area contributed by atoms with E-state index in [-0.39, 0.29) is 30.1 Å². The van der Waals surface area contributed by atoms with Crippen LogP contribution < -0.4 is 11.2 Å². The fourth-order valence-corrected chi connectivity index (χ4v) is 2.69. The molecule has 4 N–H and O–H groups in total. The van der Waals surface area contributed by atoms with E-state index in [1.165, 1.54) is 0 Å². The number of hydrazone groups is 1. The standard InChI is InChI=1S/C9H11Cl2F4N3OS/c10-8(12,13)7(19,9(11,14)15)4-2-1-3-5(4)17-18-6(16)20/h4,19H,1-3H2,(H3,16,18,20)/b17-5-/t4-/m0/s1. The lowest BCUT2D eigenvalue weighted by atomic mass is 9.85. The molecule has 0 amide bonds. The summed E-state index contributed by atoms with van der Waals surface area (Å²) in [5, 5.41) is 3.75. The summed E-state index contributed by atoms with van der Waals surface area (Å²) in [4.78, 5) is 0. The molecule has 1 fully saturated rings. The molecule has 0 bridgehead atoms. The molecule has 1 saturated carbocycles. The lowest BCUT2D eigenvalue weighted by Crippen LogP contribution is -2.61. The van der Waals surface area contributed by atoms with Crippen LogP contribution in [0.25, 0.3) is 0 Å². The number of alkyl halides is 6. The number of hydrogen-bond acceptors (Lipinski definition) is 3. The van der Waals surface area contributed by atoms with Crippen LogP contribution in [0.1, 0.15) is 19.3 Å². The van der Waals surface area contributed by atoms with Gasteiger partial charge in [-0.2, -0.15) is 22.7 Å². The van der Waals surface area contributed by atoms with Crippen LogP contribution >= 0.6 is 35.4 Å². The second kappa shape index (κ2) is 5.78. The van der Waals surface area contributed by atoms with Crippen molar-refractivity contribution < 1.29 is 22.7 Å². The molecule has 11 heteroatoms. The maximum Gasteiger partial charge on any atom is 0.357 e. The Morgan fingerprint density at radius 2 is 1.85 bits per heavy atom. The molecular weight excluding hydrogens is 345 g/mol. The highest BCUT2D eigenvalue weighted by Gasteiger charge is 2.71. The summed E-state index contributed by atoms with van der Waals surface area (Å²) in [6, 6.07) is 0. The van der Waals surface area contributed by atoms with Crippen LogP contribution in [0.5, 0.6) is 0 Å². The molecule has 0 radical (unpaired) electrons. The van der Waals surface area contributed by atoms with Crippen LogP contribution in [0.2, 0.25) is 0 Å². The normalized spacial score (nSPS) is 23.1. The van der Waals surface area contributed by atoms with Gasteiger partial charge in [-0.05, 0) is 54.7 Å². The third-order valence-electron chi connectivity index (χ3n) is 3.01. The molecule has 0 spiro atoms. The molecule has 20 heavy (non-hydrogen) atoms. The van der Waals surface area contributed by atoms with Gasteiger partial charge < -0.3 is 10.8 Å². The molecule has 0 saturated heterocycles. The van der Waals surface area contributed by atoms with E-state index in [1.54, 1.807) is 0 Å². The minimum atomic E-state index is -4.66. The average molecular weight is 356 g/mol. The fourth-order valence-electron chi connectivity index (χ4n) is 2.09.